The molecule has 5 nitrogen and oxygen atoms in total. The van der Waals surface area contributed by atoms with Gasteiger partial charge in [0.2, 0.25) is 5.65 Å². The third-order valence-electron chi connectivity index (χ3n) is 3.84. The molecule has 1 fully saturated rings. The van der Waals surface area contributed by atoms with Gasteiger partial charge in [-0.3, -0.25) is 4.40 Å². The fourth-order valence-electron chi connectivity index (χ4n) is 2.61. The van der Waals surface area contributed by atoms with Gasteiger partial charge < -0.3 is 10.1 Å². The number of imidazole rings is 1. The third kappa shape index (κ3) is 2.50. The fraction of sp³-hybridized carbons (Fsp3) is 0.571. The Morgan fingerprint density at radius 2 is 2.11 bits per heavy atom. The van der Waals surface area contributed by atoms with E-state index in [1.165, 1.54) is 12.8 Å². The summed E-state index contributed by atoms with van der Waals surface area (Å²) >= 11 is 0. The molecule has 2 aromatic heterocycles. The number of hydrogen-bond donors (Lipinski definition) is 1. The second-order valence-electron chi connectivity index (χ2n) is 5.34. The minimum absolute atomic E-state index is 0.274. The van der Waals surface area contributed by atoms with Crippen molar-refractivity contribution in [2.75, 3.05) is 12.4 Å². The first-order chi connectivity index (χ1) is 9.26. The van der Waals surface area contributed by atoms with E-state index in [9.17, 15) is 0 Å². The monoisotopic (exact) mass is 260 g/mol. The van der Waals surface area contributed by atoms with E-state index >= 15 is 0 Å². The highest BCUT2D eigenvalue weighted by molar-refractivity contribution is 5.53. The van der Waals surface area contributed by atoms with Crippen LogP contribution in [0, 0.1) is 5.92 Å². The molecule has 0 unspecified atom stereocenters. The maximum absolute atomic E-state index is 6.08. The van der Waals surface area contributed by atoms with E-state index < -0.39 is 0 Å². The molecule has 2 heterocycles. The van der Waals surface area contributed by atoms with Crippen LogP contribution >= 0.6 is 0 Å². The highest BCUT2D eigenvalue weighted by atomic mass is 16.5. The van der Waals surface area contributed by atoms with E-state index in [4.69, 9.17) is 4.74 Å². The van der Waals surface area contributed by atoms with Crippen molar-refractivity contribution in [2.24, 2.45) is 5.92 Å². The van der Waals surface area contributed by atoms with Crippen LogP contribution < -0.4 is 10.1 Å². The van der Waals surface area contributed by atoms with Gasteiger partial charge in [-0.25, -0.2) is 4.98 Å². The predicted octanol–water partition coefficient (Wildman–Crippen LogP) is 2.73. The van der Waals surface area contributed by atoms with Gasteiger partial charge in [0.15, 0.2) is 0 Å². The van der Waals surface area contributed by atoms with Crippen molar-refractivity contribution in [3.8, 4) is 5.88 Å². The SMILES string of the molecule is CNc1cn2ccnc2c(OC2CCC(C)CC2)n1. The van der Waals surface area contributed by atoms with Crippen LogP contribution in [0.4, 0.5) is 5.82 Å². The molecular formula is C14H20N4O. The van der Waals surface area contributed by atoms with Crippen LogP contribution in [0.15, 0.2) is 18.6 Å². The van der Waals surface area contributed by atoms with Gasteiger partial charge in [0.25, 0.3) is 5.88 Å². The summed E-state index contributed by atoms with van der Waals surface area (Å²) in [6.07, 6.45) is 10.6. The maximum Gasteiger partial charge on any atom is 0.260 e. The zero-order valence-electron chi connectivity index (χ0n) is 11.5. The molecule has 0 bridgehead atoms. The van der Waals surface area contributed by atoms with Gasteiger partial charge in [0.1, 0.15) is 11.9 Å². The van der Waals surface area contributed by atoms with Crippen molar-refractivity contribution in [3.63, 3.8) is 0 Å². The van der Waals surface area contributed by atoms with Gasteiger partial charge in [-0.1, -0.05) is 6.92 Å². The zero-order chi connectivity index (χ0) is 13.2. The summed E-state index contributed by atoms with van der Waals surface area (Å²) < 4.78 is 8.03. The molecule has 0 saturated heterocycles. The average molecular weight is 260 g/mol. The molecule has 1 saturated carbocycles. The van der Waals surface area contributed by atoms with Crippen LogP contribution in [0.25, 0.3) is 5.65 Å². The number of fused-ring (bicyclic) bond motifs is 1. The summed E-state index contributed by atoms with van der Waals surface area (Å²) in [5.41, 5.74) is 0.789. The normalized spacial score (nSPS) is 23.5. The Bertz CT molecular complexity index is 558. The number of rotatable bonds is 3. The Hall–Kier alpha value is -1.78. The van der Waals surface area contributed by atoms with E-state index in [0.29, 0.717) is 5.88 Å². The van der Waals surface area contributed by atoms with Gasteiger partial charge in [-0.15, -0.1) is 0 Å². The van der Waals surface area contributed by atoms with Crippen LogP contribution in [0.5, 0.6) is 5.88 Å². The molecule has 1 N–H and O–H groups in total. The fourth-order valence-corrected chi connectivity index (χ4v) is 2.61. The average Bonchev–Trinajstić information content (AvgIpc) is 2.89. The van der Waals surface area contributed by atoms with Crippen LogP contribution in [-0.2, 0) is 0 Å². The van der Waals surface area contributed by atoms with E-state index in [2.05, 4.69) is 22.2 Å². The lowest BCUT2D eigenvalue weighted by Crippen LogP contribution is -2.23. The Morgan fingerprint density at radius 1 is 1.32 bits per heavy atom. The molecule has 0 atom stereocenters. The first-order valence-electron chi connectivity index (χ1n) is 6.94. The summed E-state index contributed by atoms with van der Waals surface area (Å²) in [6, 6.07) is 0. The minimum Gasteiger partial charge on any atom is -0.472 e. The largest absolute Gasteiger partial charge is 0.472 e. The number of aromatic nitrogens is 3. The van der Waals surface area contributed by atoms with Gasteiger partial charge in [-0.05, 0) is 31.6 Å². The maximum atomic E-state index is 6.08. The standard InChI is InChI=1S/C14H20N4O/c1-10-3-5-11(6-4-10)19-14-13-16-7-8-18(13)9-12(15-2)17-14/h7-11,15H,3-6H2,1-2H3. The highest BCUT2D eigenvalue weighted by Crippen LogP contribution is 2.28. The summed E-state index contributed by atoms with van der Waals surface area (Å²) in [6.45, 7) is 2.31. The Kier molecular flexibility index (Phi) is 3.27. The topological polar surface area (TPSA) is 51.5 Å². The van der Waals surface area contributed by atoms with Gasteiger partial charge in [0, 0.05) is 19.4 Å². The summed E-state index contributed by atoms with van der Waals surface area (Å²) in [5.74, 6) is 2.25. The molecular weight excluding hydrogens is 240 g/mol. The van der Waals surface area contributed by atoms with Crippen LogP contribution in [0.2, 0.25) is 0 Å². The molecule has 0 aromatic carbocycles. The second kappa shape index (κ2) is 5.07. The smallest absolute Gasteiger partial charge is 0.260 e. The van der Waals surface area contributed by atoms with Crippen LogP contribution in [0.3, 0.4) is 0 Å². The van der Waals surface area contributed by atoms with Gasteiger partial charge in [0.05, 0.1) is 6.20 Å². The lowest BCUT2D eigenvalue weighted by Gasteiger charge is -2.26. The van der Waals surface area contributed by atoms with Gasteiger partial charge in [-0.2, -0.15) is 4.98 Å². The number of hydrogen-bond acceptors (Lipinski definition) is 4. The first kappa shape index (κ1) is 12.3. The molecule has 3 rings (SSSR count). The summed E-state index contributed by atoms with van der Waals surface area (Å²) in [4.78, 5) is 8.81. The Balaban J connectivity index is 1.85. The molecule has 1 aliphatic rings. The van der Waals surface area contributed by atoms with E-state index in [0.717, 1.165) is 30.2 Å². The van der Waals surface area contributed by atoms with Crippen molar-refractivity contribution >= 4 is 11.5 Å². The van der Waals surface area contributed by atoms with E-state index in [1.807, 2.05) is 23.8 Å². The van der Waals surface area contributed by atoms with Crippen LogP contribution in [0.1, 0.15) is 32.6 Å². The molecule has 0 radical (unpaired) electrons. The first-order valence-corrected chi connectivity index (χ1v) is 6.94. The van der Waals surface area contributed by atoms with Crippen molar-refractivity contribution in [3.05, 3.63) is 18.6 Å². The number of nitrogens with one attached hydrogen (secondary N) is 1. The molecule has 5 heteroatoms. The molecule has 0 aliphatic heterocycles. The molecule has 0 amide bonds. The number of nitrogens with zero attached hydrogens (tertiary/aromatic N) is 3. The summed E-state index contributed by atoms with van der Waals surface area (Å²) in [5, 5.41) is 3.05. The number of anilines is 1. The van der Waals surface area contributed by atoms with Crippen molar-refractivity contribution in [2.45, 2.75) is 38.7 Å². The Morgan fingerprint density at radius 3 is 2.84 bits per heavy atom. The highest BCUT2D eigenvalue weighted by Gasteiger charge is 2.21. The van der Waals surface area contributed by atoms with E-state index in [1.54, 1.807) is 6.20 Å². The number of ether oxygens (including phenoxy) is 1. The zero-order valence-corrected chi connectivity index (χ0v) is 11.5. The minimum atomic E-state index is 0.274. The molecule has 102 valence electrons. The molecule has 2 aromatic rings. The van der Waals surface area contributed by atoms with Crippen molar-refractivity contribution in [1.82, 2.24) is 14.4 Å². The second-order valence-corrected chi connectivity index (χ2v) is 5.34. The van der Waals surface area contributed by atoms with E-state index in [-0.39, 0.29) is 6.10 Å². The third-order valence-corrected chi connectivity index (χ3v) is 3.84. The van der Waals surface area contributed by atoms with Crippen LogP contribution in [-0.4, -0.2) is 27.5 Å². The van der Waals surface area contributed by atoms with Crippen molar-refractivity contribution < 1.29 is 4.74 Å². The van der Waals surface area contributed by atoms with Gasteiger partial charge >= 0.3 is 0 Å². The quantitative estimate of drug-likeness (QED) is 0.922. The summed E-state index contributed by atoms with van der Waals surface area (Å²) in [7, 11) is 1.86. The lowest BCUT2D eigenvalue weighted by molar-refractivity contribution is 0.131. The Labute approximate surface area is 113 Å². The predicted molar refractivity (Wildman–Crippen MR) is 74.6 cm³/mol. The lowest BCUT2D eigenvalue weighted by atomic mass is 9.89. The van der Waals surface area contributed by atoms with Crippen molar-refractivity contribution in [1.29, 1.82) is 0 Å². The molecule has 1 aliphatic carbocycles. The molecule has 0 spiro atoms. The molecule has 19 heavy (non-hydrogen) atoms.